The van der Waals surface area contributed by atoms with E-state index in [-0.39, 0.29) is 17.6 Å². The molecule has 1 aliphatic heterocycles. The van der Waals surface area contributed by atoms with Crippen molar-refractivity contribution in [1.82, 2.24) is 9.88 Å². The lowest BCUT2D eigenvalue weighted by Crippen LogP contribution is -2.56. The summed E-state index contributed by atoms with van der Waals surface area (Å²) in [6, 6.07) is 8.94. The zero-order valence-electron chi connectivity index (χ0n) is 12.6. The number of pyridine rings is 1. The fourth-order valence-corrected chi connectivity index (χ4v) is 2.56. The summed E-state index contributed by atoms with van der Waals surface area (Å²) in [4.78, 5) is 27.5. The second kappa shape index (κ2) is 5.67. The van der Waals surface area contributed by atoms with Crippen molar-refractivity contribution in [3.8, 4) is 5.75 Å². The summed E-state index contributed by atoms with van der Waals surface area (Å²) < 4.78 is 6.00. The topological polar surface area (TPSA) is 62.4 Å². The van der Waals surface area contributed by atoms with Gasteiger partial charge in [0.15, 0.2) is 0 Å². The quantitative estimate of drug-likeness (QED) is 0.941. The van der Waals surface area contributed by atoms with Gasteiger partial charge in [-0.2, -0.15) is 0 Å². The Hall–Kier alpha value is -2.56. The third-order valence-corrected chi connectivity index (χ3v) is 3.86. The molecule has 5 nitrogen and oxygen atoms in total. The fourth-order valence-electron chi connectivity index (χ4n) is 2.56. The summed E-state index contributed by atoms with van der Waals surface area (Å²) in [5, 5.41) is 0. The minimum atomic E-state index is -0.212. The molecule has 1 fully saturated rings. The van der Waals surface area contributed by atoms with Crippen molar-refractivity contribution in [2.24, 2.45) is 0 Å². The Morgan fingerprint density at radius 1 is 1.18 bits per heavy atom. The van der Waals surface area contributed by atoms with Crippen molar-refractivity contribution in [1.29, 1.82) is 0 Å². The Morgan fingerprint density at radius 3 is 2.45 bits per heavy atom. The maximum Gasteiger partial charge on any atom is 0.255 e. The van der Waals surface area contributed by atoms with E-state index < -0.39 is 0 Å². The normalized spacial score (nSPS) is 14.5. The standard InChI is InChI=1S/C17H18N2O3/c1-11-4-3-5-12(2)16(11)22-14-9-19(10-14)17(21)13-6-7-15(20)18-8-13/h3-8,14H,9-10H2,1-2H3,(H,18,20). The highest BCUT2D eigenvalue weighted by Crippen LogP contribution is 2.26. The molecule has 1 N–H and O–H groups in total. The Kier molecular flexibility index (Phi) is 3.71. The lowest BCUT2D eigenvalue weighted by molar-refractivity contribution is 0.0172. The number of nitrogens with one attached hydrogen (secondary N) is 1. The van der Waals surface area contributed by atoms with Gasteiger partial charge in [-0.05, 0) is 31.0 Å². The molecule has 0 aliphatic carbocycles. The van der Waals surface area contributed by atoms with Crippen LogP contribution >= 0.6 is 0 Å². The molecule has 5 heteroatoms. The molecule has 1 saturated heterocycles. The molecule has 1 aromatic heterocycles. The molecule has 114 valence electrons. The van der Waals surface area contributed by atoms with Crippen molar-refractivity contribution in [2.45, 2.75) is 20.0 Å². The number of hydrogen-bond acceptors (Lipinski definition) is 3. The van der Waals surface area contributed by atoms with Crippen LogP contribution in [0.4, 0.5) is 0 Å². The molecular formula is C17H18N2O3. The Labute approximate surface area is 128 Å². The predicted molar refractivity (Wildman–Crippen MR) is 83.3 cm³/mol. The van der Waals surface area contributed by atoms with Gasteiger partial charge in [-0.1, -0.05) is 18.2 Å². The van der Waals surface area contributed by atoms with Gasteiger partial charge < -0.3 is 14.6 Å². The zero-order chi connectivity index (χ0) is 15.7. The van der Waals surface area contributed by atoms with Gasteiger partial charge in [0.1, 0.15) is 11.9 Å². The number of aromatic amines is 1. The number of para-hydroxylation sites is 1. The molecule has 2 aromatic rings. The second-order valence-electron chi connectivity index (χ2n) is 5.61. The SMILES string of the molecule is Cc1cccc(C)c1OC1CN(C(=O)c2ccc(=O)[nH]c2)C1. The first-order valence-electron chi connectivity index (χ1n) is 7.25. The van der Waals surface area contributed by atoms with Gasteiger partial charge in [0, 0.05) is 12.3 Å². The third kappa shape index (κ3) is 2.74. The highest BCUT2D eigenvalue weighted by Gasteiger charge is 2.33. The summed E-state index contributed by atoms with van der Waals surface area (Å²) in [5.41, 5.74) is 2.48. The number of aromatic nitrogens is 1. The highest BCUT2D eigenvalue weighted by atomic mass is 16.5. The molecule has 0 saturated carbocycles. The van der Waals surface area contributed by atoms with Gasteiger partial charge in [0.25, 0.3) is 5.91 Å². The van der Waals surface area contributed by atoms with Crippen LogP contribution in [0.15, 0.2) is 41.3 Å². The van der Waals surface area contributed by atoms with E-state index in [1.807, 2.05) is 32.0 Å². The number of likely N-dealkylation sites (tertiary alicyclic amines) is 1. The Morgan fingerprint density at radius 2 is 1.86 bits per heavy atom. The minimum absolute atomic E-state index is 0.0199. The minimum Gasteiger partial charge on any atom is -0.486 e. The lowest BCUT2D eigenvalue weighted by atomic mass is 10.1. The maximum absolute atomic E-state index is 12.2. The number of carbonyl (C=O) groups is 1. The van der Waals surface area contributed by atoms with Crippen LogP contribution in [0.2, 0.25) is 0 Å². The summed E-state index contributed by atoms with van der Waals surface area (Å²) in [5.74, 6) is 0.821. The number of hydrogen-bond donors (Lipinski definition) is 1. The van der Waals surface area contributed by atoms with Crippen LogP contribution in [-0.2, 0) is 0 Å². The van der Waals surface area contributed by atoms with E-state index in [9.17, 15) is 9.59 Å². The maximum atomic E-state index is 12.2. The first kappa shape index (κ1) is 14.4. The number of H-pyrrole nitrogens is 1. The van der Waals surface area contributed by atoms with E-state index in [0.29, 0.717) is 18.7 Å². The summed E-state index contributed by atoms with van der Waals surface area (Å²) >= 11 is 0. The Bertz CT molecular complexity index is 720. The van der Waals surface area contributed by atoms with E-state index in [2.05, 4.69) is 4.98 Å². The number of ether oxygens (including phenoxy) is 1. The molecule has 0 atom stereocenters. The average Bonchev–Trinajstić information content (AvgIpc) is 2.45. The molecule has 0 unspecified atom stereocenters. The molecule has 3 rings (SSSR count). The smallest absolute Gasteiger partial charge is 0.255 e. The van der Waals surface area contributed by atoms with Crippen LogP contribution in [-0.4, -0.2) is 35.0 Å². The van der Waals surface area contributed by atoms with Crippen molar-refractivity contribution < 1.29 is 9.53 Å². The van der Waals surface area contributed by atoms with Crippen LogP contribution in [0, 0.1) is 13.8 Å². The van der Waals surface area contributed by atoms with Crippen LogP contribution < -0.4 is 10.3 Å². The van der Waals surface area contributed by atoms with Gasteiger partial charge >= 0.3 is 0 Å². The molecule has 0 bridgehead atoms. The number of benzene rings is 1. The van der Waals surface area contributed by atoms with Crippen molar-refractivity contribution >= 4 is 5.91 Å². The van der Waals surface area contributed by atoms with Crippen LogP contribution in [0.25, 0.3) is 0 Å². The van der Waals surface area contributed by atoms with E-state index in [1.165, 1.54) is 12.3 Å². The van der Waals surface area contributed by atoms with E-state index >= 15 is 0 Å². The number of amides is 1. The fraction of sp³-hybridized carbons (Fsp3) is 0.294. The van der Waals surface area contributed by atoms with Gasteiger partial charge in [0.2, 0.25) is 5.56 Å². The molecule has 22 heavy (non-hydrogen) atoms. The molecule has 1 amide bonds. The van der Waals surface area contributed by atoms with Crippen molar-refractivity contribution in [3.05, 3.63) is 63.6 Å². The Balaban J connectivity index is 1.61. The van der Waals surface area contributed by atoms with Crippen molar-refractivity contribution in [2.75, 3.05) is 13.1 Å². The monoisotopic (exact) mass is 298 g/mol. The second-order valence-corrected chi connectivity index (χ2v) is 5.61. The largest absolute Gasteiger partial charge is 0.486 e. The van der Waals surface area contributed by atoms with Gasteiger partial charge in [-0.15, -0.1) is 0 Å². The number of rotatable bonds is 3. The van der Waals surface area contributed by atoms with Crippen LogP contribution in [0.5, 0.6) is 5.75 Å². The molecule has 0 spiro atoms. The third-order valence-electron chi connectivity index (χ3n) is 3.86. The number of carbonyl (C=O) groups excluding carboxylic acids is 1. The van der Waals surface area contributed by atoms with Crippen molar-refractivity contribution in [3.63, 3.8) is 0 Å². The van der Waals surface area contributed by atoms with Gasteiger partial charge in [-0.3, -0.25) is 9.59 Å². The summed E-state index contributed by atoms with van der Waals surface area (Å²) in [6.45, 7) is 5.16. The lowest BCUT2D eigenvalue weighted by Gasteiger charge is -2.39. The van der Waals surface area contributed by atoms with E-state index in [4.69, 9.17) is 4.74 Å². The van der Waals surface area contributed by atoms with Gasteiger partial charge in [0.05, 0.1) is 18.7 Å². The molecule has 1 aliphatic rings. The van der Waals surface area contributed by atoms with E-state index in [1.54, 1.807) is 11.0 Å². The molecule has 2 heterocycles. The summed E-state index contributed by atoms with van der Waals surface area (Å²) in [6.07, 6.45) is 1.47. The number of nitrogens with zero attached hydrogens (tertiary/aromatic N) is 1. The highest BCUT2D eigenvalue weighted by molar-refractivity contribution is 5.94. The average molecular weight is 298 g/mol. The molecule has 0 radical (unpaired) electrons. The van der Waals surface area contributed by atoms with Gasteiger partial charge in [-0.25, -0.2) is 0 Å². The molecular weight excluding hydrogens is 280 g/mol. The first-order valence-corrected chi connectivity index (χ1v) is 7.25. The van der Waals surface area contributed by atoms with E-state index in [0.717, 1.165) is 16.9 Å². The summed E-state index contributed by atoms with van der Waals surface area (Å²) in [7, 11) is 0. The predicted octanol–water partition coefficient (Wildman–Crippen LogP) is 1.90. The van der Waals surface area contributed by atoms with Crippen LogP contribution in [0.3, 0.4) is 0 Å². The molecule has 1 aromatic carbocycles. The first-order chi connectivity index (χ1) is 10.5. The zero-order valence-corrected chi connectivity index (χ0v) is 12.6. The van der Waals surface area contributed by atoms with Crippen LogP contribution in [0.1, 0.15) is 21.5 Å². The number of aryl methyl sites for hydroxylation is 2.